The molecular weight excluding hydrogens is 198 g/mol. The first kappa shape index (κ1) is 9.32. The van der Waals surface area contributed by atoms with Crippen LogP contribution in [0.2, 0.25) is 0 Å². The number of ether oxygens (including phenoxy) is 1. The average molecular weight is 205 g/mol. The largest absolute Gasteiger partial charge is 0.494 e. The molecule has 0 radical (unpaired) electrons. The van der Waals surface area contributed by atoms with Gasteiger partial charge in [0.25, 0.3) is 5.69 Å². The lowest BCUT2D eigenvalue weighted by atomic mass is 10.2. The number of methoxy groups -OCH3 is 1. The van der Waals surface area contributed by atoms with E-state index < -0.39 is 4.92 Å². The van der Waals surface area contributed by atoms with Crippen LogP contribution in [0, 0.1) is 10.1 Å². The van der Waals surface area contributed by atoms with Gasteiger partial charge in [-0.15, -0.1) is 0 Å². The number of hydrogen-bond acceptors (Lipinski definition) is 5. The first-order valence-corrected chi connectivity index (χ1v) is 4.15. The third kappa shape index (κ3) is 1.56. The Morgan fingerprint density at radius 2 is 2.07 bits per heavy atom. The summed E-state index contributed by atoms with van der Waals surface area (Å²) in [5.41, 5.74) is 0.911. The lowest BCUT2D eigenvalue weighted by Gasteiger charge is -2.03. The minimum atomic E-state index is -0.489. The maximum absolute atomic E-state index is 10.6. The first-order chi connectivity index (χ1) is 7.22. The molecule has 0 amide bonds. The molecule has 0 N–H and O–H groups in total. The first-order valence-electron chi connectivity index (χ1n) is 4.15. The van der Waals surface area contributed by atoms with Gasteiger partial charge in [0, 0.05) is 18.5 Å². The molecule has 0 saturated carbocycles. The molecule has 0 aliphatic heterocycles. The predicted molar refractivity (Wildman–Crippen MR) is 52.7 cm³/mol. The lowest BCUT2D eigenvalue weighted by molar-refractivity contribution is -0.384. The van der Waals surface area contributed by atoms with Crippen molar-refractivity contribution in [1.82, 2.24) is 9.97 Å². The molecule has 6 nitrogen and oxygen atoms in total. The molecule has 0 atom stereocenters. The molecule has 0 aliphatic rings. The van der Waals surface area contributed by atoms with Crippen LogP contribution in [0.25, 0.3) is 11.0 Å². The van der Waals surface area contributed by atoms with Gasteiger partial charge in [-0.3, -0.25) is 15.1 Å². The topological polar surface area (TPSA) is 78.2 Å². The van der Waals surface area contributed by atoms with Gasteiger partial charge in [0.05, 0.1) is 23.6 Å². The summed E-state index contributed by atoms with van der Waals surface area (Å²) < 4.78 is 5.01. The second-order valence-corrected chi connectivity index (χ2v) is 2.83. The molecule has 6 heteroatoms. The Morgan fingerprint density at radius 3 is 2.73 bits per heavy atom. The van der Waals surface area contributed by atoms with Gasteiger partial charge in [0.2, 0.25) is 0 Å². The zero-order valence-electron chi connectivity index (χ0n) is 7.88. The van der Waals surface area contributed by atoms with Crippen molar-refractivity contribution in [2.24, 2.45) is 0 Å². The van der Waals surface area contributed by atoms with Crippen LogP contribution in [0.4, 0.5) is 5.69 Å². The zero-order valence-corrected chi connectivity index (χ0v) is 7.88. The number of hydrogen-bond donors (Lipinski definition) is 0. The Hall–Kier alpha value is -2.24. The van der Waals surface area contributed by atoms with Crippen molar-refractivity contribution in [2.75, 3.05) is 7.11 Å². The van der Waals surface area contributed by atoms with Gasteiger partial charge < -0.3 is 4.74 Å². The highest BCUT2D eigenvalue weighted by Gasteiger charge is 2.13. The summed E-state index contributed by atoms with van der Waals surface area (Å²) in [5, 5.41) is 10.6. The number of nitro groups is 1. The molecule has 0 spiro atoms. The zero-order chi connectivity index (χ0) is 10.8. The van der Waals surface area contributed by atoms with Gasteiger partial charge in [-0.25, -0.2) is 4.98 Å². The Balaban J connectivity index is 2.77. The summed E-state index contributed by atoms with van der Waals surface area (Å²) in [6, 6.07) is 2.70. The molecule has 2 aromatic rings. The standard InChI is InChI=1S/C9H7N3O3/c1-15-8-5-6(12(13)14)4-7-9(8)11-3-2-10-7/h2-5H,1H3. The predicted octanol–water partition coefficient (Wildman–Crippen LogP) is 1.55. The normalized spacial score (nSPS) is 10.2. The summed E-state index contributed by atoms with van der Waals surface area (Å²) >= 11 is 0. The third-order valence-corrected chi connectivity index (χ3v) is 1.95. The molecule has 1 heterocycles. The summed E-state index contributed by atoms with van der Waals surface area (Å²) in [6.07, 6.45) is 2.99. The van der Waals surface area contributed by atoms with E-state index in [1.165, 1.54) is 31.6 Å². The van der Waals surface area contributed by atoms with Crippen molar-refractivity contribution >= 4 is 16.7 Å². The molecule has 0 fully saturated rings. The van der Waals surface area contributed by atoms with Crippen molar-refractivity contribution in [3.8, 4) is 5.75 Å². The monoisotopic (exact) mass is 205 g/mol. The van der Waals surface area contributed by atoms with Gasteiger partial charge in [-0.2, -0.15) is 0 Å². The molecular formula is C9H7N3O3. The fourth-order valence-electron chi connectivity index (χ4n) is 1.29. The van der Waals surface area contributed by atoms with Gasteiger partial charge in [-0.1, -0.05) is 0 Å². The maximum atomic E-state index is 10.6. The van der Waals surface area contributed by atoms with Crippen LogP contribution >= 0.6 is 0 Å². The van der Waals surface area contributed by atoms with E-state index in [4.69, 9.17) is 4.74 Å². The Bertz CT molecular complexity index is 527. The highest BCUT2D eigenvalue weighted by atomic mass is 16.6. The number of nitro benzene ring substituents is 1. The highest BCUT2D eigenvalue weighted by molar-refractivity contribution is 5.83. The van der Waals surface area contributed by atoms with Crippen LogP contribution in [0.5, 0.6) is 5.75 Å². The van der Waals surface area contributed by atoms with Gasteiger partial charge in [0.1, 0.15) is 5.52 Å². The van der Waals surface area contributed by atoms with Crippen molar-refractivity contribution in [3.63, 3.8) is 0 Å². The number of fused-ring (bicyclic) bond motifs is 1. The van der Waals surface area contributed by atoms with Gasteiger partial charge in [-0.05, 0) is 0 Å². The van der Waals surface area contributed by atoms with E-state index in [1.807, 2.05) is 0 Å². The molecule has 15 heavy (non-hydrogen) atoms. The van der Waals surface area contributed by atoms with Crippen molar-refractivity contribution in [3.05, 3.63) is 34.6 Å². The van der Waals surface area contributed by atoms with Crippen LogP contribution in [0.15, 0.2) is 24.5 Å². The summed E-state index contributed by atoms with van der Waals surface area (Å²) in [7, 11) is 1.44. The van der Waals surface area contributed by atoms with Gasteiger partial charge >= 0.3 is 0 Å². The SMILES string of the molecule is COc1cc([N+](=O)[O-])cc2nccnc12. The van der Waals surface area contributed by atoms with E-state index in [2.05, 4.69) is 9.97 Å². The van der Waals surface area contributed by atoms with Crippen molar-refractivity contribution in [2.45, 2.75) is 0 Å². The molecule has 0 bridgehead atoms. The summed E-state index contributed by atoms with van der Waals surface area (Å²) in [4.78, 5) is 18.2. The van der Waals surface area contributed by atoms with Crippen LogP contribution in [0.3, 0.4) is 0 Å². The van der Waals surface area contributed by atoms with E-state index in [1.54, 1.807) is 0 Å². The lowest BCUT2D eigenvalue weighted by Crippen LogP contribution is -1.93. The molecule has 76 valence electrons. The molecule has 1 aromatic heterocycles. The second-order valence-electron chi connectivity index (χ2n) is 2.83. The minimum Gasteiger partial charge on any atom is -0.494 e. The highest BCUT2D eigenvalue weighted by Crippen LogP contribution is 2.27. The van der Waals surface area contributed by atoms with Crippen LogP contribution in [-0.2, 0) is 0 Å². The number of benzene rings is 1. The number of rotatable bonds is 2. The average Bonchev–Trinajstić information content (AvgIpc) is 2.27. The van der Waals surface area contributed by atoms with E-state index in [9.17, 15) is 10.1 Å². The van der Waals surface area contributed by atoms with E-state index in [-0.39, 0.29) is 5.69 Å². The Labute approximate surface area is 84.7 Å². The minimum absolute atomic E-state index is 0.0557. The molecule has 0 unspecified atom stereocenters. The molecule has 1 aromatic carbocycles. The molecule has 0 saturated heterocycles. The molecule has 2 rings (SSSR count). The Morgan fingerprint density at radius 1 is 1.33 bits per heavy atom. The fourth-order valence-corrected chi connectivity index (χ4v) is 1.29. The quantitative estimate of drug-likeness (QED) is 0.549. The maximum Gasteiger partial charge on any atom is 0.275 e. The van der Waals surface area contributed by atoms with Gasteiger partial charge in [0.15, 0.2) is 5.75 Å². The smallest absolute Gasteiger partial charge is 0.275 e. The van der Waals surface area contributed by atoms with Crippen molar-refractivity contribution in [1.29, 1.82) is 0 Å². The van der Waals surface area contributed by atoms with Crippen LogP contribution < -0.4 is 4.74 Å². The fraction of sp³-hybridized carbons (Fsp3) is 0.111. The third-order valence-electron chi connectivity index (χ3n) is 1.95. The van der Waals surface area contributed by atoms with Crippen molar-refractivity contribution < 1.29 is 9.66 Å². The van der Waals surface area contributed by atoms with Crippen LogP contribution in [-0.4, -0.2) is 22.0 Å². The van der Waals surface area contributed by atoms with Crippen LogP contribution in [0.1, 0.15) is 0 Å². The number of non-ortho nitro benzene ring substituents is 1. The Kier molecular flexibility index (Phi) is 2.17. The van der Waals surface area contributed by atoms with E-state index in [0.717, 1.165) is 0 Å². The summed E-state index contributed by atoms with van der Waals surface area (Å²) in [5.74, 6) is 0.354. The van der Waals surface area contributed by atoms with E-state index in [0.29, 0.717) is 16.8 Å². The number of aromatic nitrogens is 2. The second kappa shape index (κ2) is 3.49. The number of nitrogens with zero attached hydrogens (tertiary/aromatic N) is 3. The summed E-state index contributed by atoms with van der Waals surface area (Å²) in [6.45, 7) is 0. The van der Waals surface area contributed by atoms with E-state index >= 15 is 0 Å². The molecule has 0 aliphatic carbocycles.